The Bertz CT molecular complexity index is 1130. The summed E-state index contributed by atoms with van der Waals surface area (Å²) in [7, 11) is 0. The number of alkyl halides is 2. The monoisotopic (exact) mass is 398 g/mol. The first-order valence-electron chi connectivity index (χ1n) is 8.28. The molecule has 2 aromatic carbocycles. The number of nitrogens with one attached hydrogen (secondary N) is 1. The van der Waals surface area contributed by atoms with Crippen LogP contribution in [0.3, 0.4) is 0 Å². The molecule has 4 aromatic rings. The molecular weight excluding hydrogens is 386 g/mol. The van der Waals surface area contributed by atoms with Crippen LogP contribution in [0.5, 0.6) is 5.75 Å². The third-order valence-corrected chi connectivity index (χ3v) is 4.10. The van der Waals surface area contributed by atoms with Crippen LogP contribution in [0.15, 0.2) is 67.0 Å². The van der Waals surface area contributed by atoms with Gasteiger partial charge in [-0.25, -0.2) is 9.97 Å². The van der Waals surface area contributed by atoms with E-state index in [9.17, 15) is 8.78 Å². The highest BCUT2D eigenvalue weighted by molar-refractivity contribution is 6.31. The largest absolute Gasteiger partial charge is 0.435 e. The second kappa shape index (κ2) is 7.74. The molecule has 0 unspecified atom stereocenters. The highest BCUT2D eigenvalue weighted by Gasteiger charge is 2.12. The minimum atomic E-state index is -2.94. The first-order chi connectivity index (χ1) is 13.6. The Balaban J connectivity index is 1.79. The summed E-state index contributed by atoms with van der Waals surface area (Å²) < 4.78 is 29.6. The summed E-state index contributed by atoms with van der Waals surface area (Å²) in [6.45, 7) is -2.94. The van der Waals surface area contributed by atoms with E-state index in [-0.39, 0.29) is 10.8 Å². The molecule has 8 heteroatoms. The quantitative estimate of drug-likeness (QED) is 0.468. The van der Waals surface area contributed by atoms with E-state index in [2.05, 4.69) is 25.0 Å². The van der Waals surface area contributed by atoms with Gasteiger partial charge in [-0.2, -0.15) is 8.78 Å². The molecule has 5 nitrogen and oxygen atoms in total. The number of hydrogen-bond acceptors (Lipinski definition) is 5. The summed E-state index contributed by atoms with van der Waals surface area (Å²) in [5, 5.41) is 4.16. The zero-order valence-electron chi connectivity index (χ0n) is 14.3. The first-order valence-corrected chi connectivity index (χ1v) is 8.66. The minimum Gasteiger partial charge on any atom is -0.435 e. The molecule has 0 amide bonds. The van der Waals surface area contributed by atoms with Crippen LogP contribution < -0.4 is 10.1 Å². The van der Waals surface area contributed by atoms with E-state index < -0.39 is 6.61 Å². The molecule has 2 heterocycles. The lowest BCUT2D eigenvalue weighted by molar-refractivity contribution is -0.0497. The van der Waals surface area contributed by atoms with Gasteiger partial charge in [0.25, 0.3) is 0 Å². The molecule has 0 spiro atoms. The van der Waals surface area contributed by atoms with Crippen molar-refractivity contribution in [2.45, 2.75) is 6.61 Å². The highest BCUT2D eigenvalue weighted by Crippen LogP contribution is 2.31. The predicted molar refractivity (Wildman–Crippen MR) is 104 cm³/mol. The van der Waals surface area contributed by atoms with Crippen molar-refractivity contribution < 1.29 is 13.5 Å². The number of ether oxygens (including phenoxy) is 1. The molecule has 0 aliphatic heterocycles. The van der Waals surface area contributed by atoms with Gasteiger partial charge in [0.1, 0.15) is 11.6 Å². The van der Waals surface area contributed by atoms with E-state index in [1.54, 1.807) is 24.5 Å². The predicted octanol–water partition coefficient (Wildman–Crippen LogP) is 5.69. The Hall–Kier alpha value is -3.32. The average Bonchev–Trinajstić information content (AvgIpc) is 2.67. The van der Waals surface area contributed by atoms with Crippen LogP contribution in [0.4, 0.5) is 20.3 Å². The van der Waals surface area contributed by atoms with Gasteiger partial charge in [-0.05, 0) is 36.4 Å². The number of aromatic nitrogens is 3. The van der Waals surface area contributed by atoms with E-state index in [0.29, 0.717) is 17.3 Å². The van der Waals surface area contributed by atoms with E-state index >= 15 is 0 Å². The number of rotatable bonds is 5. The van der Waals surface area contributed by atoms with Crippen LogP contribution >= 0.6 is 11.6 Å². The summed E-state index contributed by atoms with van der Waals surface area (Å²) in [4.78, 5) is 13.3. The van der Waals surface area contributed by atoms with E-state index in [4.69, 9.17) is 11.6 Å². The molecule has 0 aliphatic rings. The third kappa shape index (κ3) is 3.99. The van der Waals surface area contributed by atoms with Crippen molar-refractivity contribution >= 4 is 34.0 Å². The average molecular weight is 399 g/mol. The summed E-state index contributed by atoms with van der Waals surface area (Å²) in [5.41, 5.74) is 1.94. The van der Waals surface area contributed by atoms with Gasteiger partial charge in [0.2, 0.25) is 0 Å². The normalized spacial score (nSPS) is 11.0. The summed E-state index contributed by atoms with van der Waals surface area (Å²) >= 11 is 6.04. The van der Waals surface area contributed by atoms with Crippen LogP contribution in [0, 0.1) is 0 Å². The third-order valence-electron chi connectivity index (χ3n) is 3.88. The van der Waals surface area contributed by atoms with Crippen molar-refractivity contribution in [3.63, 3.8) is 0 Å². The Kier molecular flexibility index (Phi) is 4.99. The zero-order chi connectivity index (χ0) is 19.5. The molecule has 0 aliphatic carbocycles. The van der Waals surface area contributed by atoms with Crippen LogP contribution in [-0.2, 0) is 0 Å². The molecule has 0 saturated heterocycles. The van der Waals surface area contributed by atoms with Crippen molar-refractivity contribution in [3.05, 3.63) is 72.0 Å². The molecule has 4 rings (SSSR count). The van der Waals surface area contributed by atoms with Gasteiger partial charge in [0, 0.05) is 40.1 Å². The van der Waals surface area contributed by atoms with E-state index in [1.807, 2.05) is 30.3 Å². The first kappa shape index (κ1) is 18.1. The van der Waals surface area contributed by atoms with E-state index in [1.165, 1.54) is 12.1 Å². The zero-order valence-corrected chi connectivity index (χ0v) is 15.1. The molecule has 0 atom stereocenters. The van der Waals surface area contributed by atoms with Crippen LogP contribution in [-0.4, -0.2) is 21.6 Å². The van der Waals surface area contributed by atoms with Gasteiger partial charge in [0.05, 0.1) is 5.52 Å². The number of para-hydroxylation sites is 1. The SMILES string of the molecule is FC(F)Oc1cc(Cl)cc(Nc2nc(-c3cccnc3)nc3ccccc23)c1. The molecule has 0 fully saturated rings. The Morgan fingerprint density at radius 3 is 2.64 bits per heavy atom. The van der Waals surface area contributed by atoms with Gasteiger partial charge in [0.15, 0.2) is 5.82 Å². The Labute approximate surface area is 164 Å². The summed E-state index contributed by atoms with van der Waals surface area (Å²) in [6, 6.07) is 15.5. The highest BCUT2D eigenvalue weighted by atomic mass is 35.5. The van der Waals surface area contributed by atoms with Gasteiger partial charge in [-0.15, -0.1) is 0 Å². The maximum atomic E-state index is 12.5. The molecule has 0 saturated carbocycles. The minimum absolute atomic E-state index is 0.0455. The number of anilines is 2. The standard InChI is InChI=1S/C20H13ClF2N4O/c21-13-8-14(10-15(9-13)28-20(22)23)25-19-16-5-1-2-6-17(16)26-18(27-19)12-4-3-7-24-11-12/h1-11,20H,(H,25,26,27). The lowest BCUT2D eigenvalue weighted by atomic mass is 10.2. The molecule has 2 aromatic heterocycles. The lowest BCUT2D eigenvalue weighted by Gasteiger charge is -2.13. The Morgan fingerprint density at radius 2 is 1.86 bits per heavy atom. The molecule has 0 radical (unpaired) electrons. The maximum absolute atomic E-state index is 12.5. The summed E-state index contributed by atoms with van der Waals surface area (Å²) in [5.74, 6) is 0.950. The number of fused-ring (bicyclic) bond motifs is 1. The fraction of sp³-hybridized carbons (Fsp3) is 0.0500. The lowest BCUT2D eigenvalue weighted by Crippen LogP contribution is -2.03. The fourth-order valence-corrected chi connectivity index (χ4v) is 2.96. The van der Waals surface area contributed by atoms with Crippen molar-refractivity contribution in [2.24, 2.45) is 0 Å². The summed E-state index contributed by atoms with van der Waals surface area (Å²) in [6.07, 6.45) is 3.34. The van der Waals surface area contributed by atoms with Crippen molar-refractivity contribution in [1.82, 2.24) is 15.0 Å². The number of hydrogen-bond donors (Lipinski definition) is 1. The molecule has 1 N–H and O–H groups in total. The van der Waals surface area contributed by atoms with Gasteiger partial charge < -0.3 is 10.1 Å². The molecular formula is C20H13ClF2N4O. The maximum Gasteiger partial charge on any atom is 0.387 e. The second-order valence-electron chi connectivity index (χ2n) is 5.83. The number of benzene rings is 2. The van der Waals surface area contributed by atoms with Crippen LogP contribution in [0.1, 0.15) is 0 Å². The number of nitrogens with zero attached hydrogens (tertiary/aromatic N) is 3. The Morgan fingerprint density at radius 1 is 1.00 bits per heavy atom. The molecule has 140 valence electrons. The van der Waals surface area contributed by atoms with E-state index in [0.717, 1.165) is 16.5 Å². The topological polar surface area (TPSA) is 59.9 Å². The fourth-order valence-electron chi connectivity index (χ4n) is 2.74. The van der Waals surface area contributed by atoms with Gasteiger partial charge in [-0.3, -0.25) is 4.98 Å². The smallest absolute Gasteiger partial charge is 0.387 e. The molecule has 0 bridgehead atoms. The van der Waals surface area contributed by atoms with Crippen LogP contribution in [0.2, 0.25) is 5.02 Å². The second-order valence-corrected chi connectivity index (χ2v) is 6.27. The molecule has 28 heavy (non-hydrogen) atoms. The van der Waals surface area contributed by atoms with Crippen molar-refractivity contribution in [2.75, 3.05) is 5.32 Å². The van der Waals surface area contributed by atoms with Gasteiger partial charge >= 0.3 is 6.61 Å². The van der Waals surface area contributed by atoms with Gasteiger partial charge in [-0.1, -0.05) is 23.7 Å². The van der Waals surface area contributed by atoms with Crippen molar-refractivity contribution in [1.29, 1.82) is 0 Å². The number of pyridine rings is 1. The van der Waals surface area contributed by atoms with Crippen molar-refractivity contribution in [3.8, 4) is 17.1 Å². The number of halogens is 3. The van der Waals surface area contributed by atoms with Crippen LogP contribution in [0.25, 0.3) is 22.3 Å².